The number of hydrogen-bond acceptors (Lipinski definition) is 6. The van der Waals surface area contributed by atoms with E-state index in [0.717, 1.165) is 56.1 Å². The van der Waals surface area contributed by atoms with Gasteiger partial charge in [-0.2, -0.15) is 0 Å². The predicted molar refractivity (Wildman–Crippen MR) is 114 cm³/mol. The third kappa shape index (κ3) is 5.80. The molecular formula is C19H31Cl2N3O4. The highest BCUT2D eigenvalue weighted by Gasteiger charge is 2.33. The molecule has 2 saturated heterocycles. The Balaban J connectivity index is 0.00000196. The largest absolute Gasteiger partial charge is 0.497 e. The number of hydrogen-bond donors (Lipinski definition) is 1. The third-order valence-corrected chi connectivity index (χ3v) is 5.15. The van der Waals surface area contributed by atoms with Gasteiger partial charge in [0.2, 0.25) is 0 Å². The first-order chi connectivity index (χ1) is 12.6. The Kier molecular flexibility index (Phi) is 10.2. The number of ether oxygens (including phenoxy) is 3. The SMILES string of the molecule is COc1cc(OC)cc(N2CCCN(C(=O)[C@@H]3CC[C@H](CN)O3)CC2)c1.Cl.Cl. The first-order valence-corrected chi connectivity index (χ1v) is 9.27. The molecule has 9 heteroatoms. The molecule has 1 aromatic carbocycles. The van der Waals surface area contributed by atoms with Gasteiger partial charge in [-0.3, -0.25) is 4.79 Å². The third-order valence-electron chi connectivity index (χ3n) is 5.15. The van der Waals surface area contributed by atoms with Gasteiger partial charge in [0.05, 0.1) is 20.3 Å². The number of anilines is 1. The minimum Gasteiger partial charge on any atom is -0.497 e. The zero-order valence-electron chi connectivity index (χ0n) is 16.5. The van der Waals surface area contributed by atoms with Gasteiger partial charge in [0.15, 0.2) is 0 Å². The van der Waals surface area contributed by atoms with Crippen molar-refractivity contribution in [2.45, 2.75) is 31.5 Å². The van der Waals surface area contributed by atoms with Crippen molar-refractivity contribution in [3.8, 4) is 11.5 Å². The highest BCUT2D eigenvalue weighted by Crippen LogP contribution is 2.29. The van der Waals surface area contributed by atoms with E-state index >= 15 is 0 Å². The first kappa shape index (κ1) is 24.6. The fourth-order valence-corrected chi connectivity index (χ4v) is 3.64. The molecule has 2 fully saturated rings. The van der Waals surface area contributed by atoms with Gasteiger partial charge in [0.25, 0.3) is 5.91 Å². The van der Waals surface area contributed by atoms with Crippen LogP contribution in [0.2, 0.25) is 0 Å². The lowest BCUT2D eigenvalue weighted by molar-refractivity contribution is -0.142. The van der Waals surface area contributed by atoms with Crippen molar-refractivity contribution in [1.82, 2.24) is 4.90 Å². The number of carbonyl (C=O) groups is 1. The number of halogens is 2. The highest BCUT2D eigenvalue weighted by molar-refractivity contribution is 5.85. The molecule has 2 atom stereocenters. The van der Waals surface area contributed by atoms with Gasteiger partial charge in [-0.25, -0.2) is 0 Å². The molecule has 0 unspecified atom stereocenters. The summed E-state index contributed by atoms with van der Waals surface area (Å²) in [5, 5.41) is 0. The lowest BCUT2D eigenvalue weighted by Crippen LogP contribution is -2.41. The van der Waals surface area contributed by atoms with Crippen LogP contribution in [0.15, 0.2) is 18.2 Å². The van der Waals surface area contributed by atoms with E-state index in [0.29, 0.717) is 13.1 Å². The number of rotatable bonds is 5. The van der Waals surface area contributed by atoms with Gasteiger partial charge in [0.1, 0.15) is 17.6 Å². The summed E-state index contributed by atoms with van der Waals surface area (Å²) in [5.74, 6) is 1.64. The van der Waals surface area contributed by atoms with E-state index in [1.165, 1.54) is 0 Å². The van der Waals surface area contributed by atoms with Gasteiger partial charge in [-0.05, 0) is 19.3 Å². The molecule has 0 aliphatic carbocycles. The van der Waals surface area contributed by atoms with Gasteiger partial charge in [-0.15, -0.1) is 24.8 Å². The van der Waals surface area contributed by atoms with Crippen LogP contribution in [0.4, 0.5) is 5.69 Å². The highest BCUT2D eigenvalue weighted by atomic mass is 35.5. The fraction of sp³-hybridized carbons (Fsp3) is 0.632. The average molecular weight is 436 g/mol. The fourth-order valence-electron chi connectivity index (χ4n) is 3.64. The molecule has 28 heavy (non-hydrogen) atoms. The number of carbonyl (C=O) groups excluding carboxylic acids is 1. The number of amides is 1. The van der Waals surface area contributed by atoms with Crippen molar-refractivity contribution in [1.29, 1.82) is 0 Å². The number of nitrogens with zero attached hydrogens (tertiary/aromatic N) is 2. The maximum atomic E-state index is 12.8. The number of methoxy groups -OCH3 is 2. The average Bonchev–Trinajstić information content (AvgIpc) is 3.03. The summed E-state index contributed by atoms with van der Waals surface area (Å²) in [4.78, 5) is 17.0. The Morgan fingerprint density at radius 1 is 1.07 bits per heavy atom. The Hall–Kier alpha value is -1.41. The maximum Gasteiger partial charge on any atom is 0.251 e. The summed E-state index contributed by atoms with van der Waals surface area (Å²) in [7, 11) is 3.30. The van der Waals surface area contributed by atoms with Crippen LogP contribution >= 0.6 is 24.8 Å². The lowest BCUT2D eigenvalue weighted by atomic mass is 10.2. The molecule has 0 radical (unpaired) electrons. The second kappa shape index (κ2) is 11.6. The molecule has 160 valence electrons. The summed E-state index contributed by atoms with van der Waals surface area (Å²) in [6.07, 6.45) is 2.26. The van der Waals surface area contributed by atoms with Crippen LogP contribution < -0.4 is 20.1 Å². The van der Waals surface area contributed by atoms with Gasteiger partial charge in [-0.1, -0.05) is 0 Å². The van der Waals surface area contributed by atoms with Crippen LogP contribution in [-0.4, -0.2) is 70.0 Å². The summed E-state index contributed by atoms with van der Waals surface area (Å²) in [6, 6.07) is 5.88. The molecule has 7 nitrogen and oxygen atoms in total. The van der Waals surface area contributed by atoms with Crippen molar-refractivity contribution in [3.63, 3.8) is 0 Å². The molecule has 2 aliphatic rings. The number of benzene rings is 1. The van der Waals surface area contributed by atoms with E-state index in [-0.39, 0.29) is 42.9 Å². The van der Waals surface area contributed by atoms with Gasteiger partial charge in [0, 0.05) is 56.6 Å². The van der Waals surface area contributed by atoms with Crippen LogP contribution in [0, 0.1) is 0 Å². The van der Waals surface area contributed by atoms with E-state index in [1.807, 2.05) is 23.1 Å². The Labute approximate surface area is 179 Å². The molecule has 2 aliphatic heterocycles. The second-order valence-electron chi connectivity index (χ2n) is 6.80. The minimum absolute atomic E-state index is 0. The first-order valence-electron chi connectivity index (χ1n) is 9.27. The molecule has 2 heterocycles. The molecule has 0 bridgehead atoms. The van der Waals surface area contributed by atoms with Crippen molar-refractivity contribution >= 4 is 36.4 Å². The summed E-state index contributed by atoms with van der Waals surface area (Å²) in [6.45, 7) is 3.58. The summed E-state index contributed by atoms with van der Waals surface area (Å²) >= 11 is 0. The summed E-state index contributed by atoms with van der Waals surface area (Å²) in [5.41, 5.74) is 6.70. The smallest absolute Gasteiger partial charge is 0.251 e. The Morgan fingerprint density at radius 2 is 1.75 bits per heavy atom. The standard InChI is InChI=1S/C19H29N3O4.2ClH/c1-24-16-10-14(11-17(12-16)25-2)21-6-3-7-22(9-8-21)19(23)18-5-4-15(13-20)26-18;;/h10-12,15,18H,3-9,13,20H2,1-2H3;2*1H/t15-,18+;;/m1../s1. The molecule has 0 spiro atoms. The van der Waals surface area contributed by atoms with E-state index in [1.54, 1.807) is 14.2 Å². The van der Waals surface area contributed by atoms with E-state index in [2.05, 4.69) is 4.90 Å². The topological polar surface area (TPSA) is 77.3 Å². The predicted octanol–water partition coefficient (Wildman–Crippen LogP) is 2.09. The van der Waals surface area contributed by atoms with Crippen LogP contribution in [-0.2, 0) is 9.53 Å². The van der Waals surface area contributed by atoms with Gasteiger partial charge >= 0.3 is 0 Å². The number of nitrogens with two attached hydrogens (primary N) is 1. The molecule has 1 amide bonds. The normalized spacial score (nSPS) is 22.0. The summed E-state index contributed by atoms with van der Waals surface area (Å²) < 4.78 is 16.5. The van der Waals surface area contributed by atoms with Crippen molar-refractivity contribution < 1.29 is 19.0 Å². The molecule has 0 saturated carbocycles. The van der Waals surface area contributed by atoms with E-state index in [9.17, 15) is 4.79 Å². The van der Waals surface area contributed by atoms with Crippen LogP contribution in [0.25, 0.3) is 0 Å². The van der Waals surface area contributed by atoms with Crippen LogP contribution in [0.1, 0.15) is 19.3 Å². The molecule has 0 aromatic heterocycles. The Bertz CT molecular complexity index is 613. The monoisotopic (exact) mass is 435 g/mol. The van der Waals surface area contributed by atoms with Crippen LogP contribution in [0.5, 0.6) is 11.5 Å². The molecule has 3 rings (SSSR count). The molecule has 1 aromatic rings. The Morgan fingerprint density at radius 3 is 2.32 bits per heavy atom. The zero-order chi connectivity index (χ0) is 18.5. The minimum atomic E-state index is -0.327. The quantitative estimate of drug-likeness (QED) is 0.762. The van der Waals surface area contributed by atoms with Crippen molar-refractivity contribution in [2.24, 2.45) is 5.73 Å². The second-order valence-corrected chi connectivity index (χ2v) is 6.80. The van der Waals surface area contributed by atoms with E-state index < -0.39 is 0 Å². The van der Waals surface area contributed by atoms with Crippen LogP contribution in [0.3, 0.4) is 0 Å². The van der Waals surface area contributed by atoms with Gasteiger partial charge < -0.3 is 29.7 Å². The molecule has 2 N–H and O–H groups in total. The molecular weight excluding hydrogens is 405 g/mol. The zero-order valence-corrected chi connectivity index (χ0v) is 18.1. The lowest BCUT2D eigenvalue weighted by Gasteiger charge is -2.26. The van der Waals surface area contributed by atoms with Crippen molar-refractivity contribution in [2.75, 3.05) is 51.8 Å². The van der Waals surface area contributed by atoms with Crippen molar-refractivity contribution in [3.05, 3.63) is 18.2 Å². The maximum absolute atomic E-state index is 12.8. The van der Waals surface area contributed by atoms with E-state index in [4.69, 9.17) is 19.9 Å².